The molecular formula is C26H37BN2O7S. The van der Waals surface area contributed by atoms with Gasteiger partial charge in [-0.3, -0.25) is 0 Å². The van der Waals surface area contributed by atoms with E-state index in [1.54, 1.807) is 19.0 Å². The van der Waals surface area contributed by atoms with Crippen LogP contribution < -0.4 is 10.8 Å². The molecule has 1 amide bonds. The summed E-state index contributed by atoms with van der Waals surface area (Å²) in [7, 11) is -3.96. The Morgan fingerprint density at radius 2 is 1.84 bits per heavy atom. The molecule has 0 aromatic heterocycles. The second-order valence-corrected chi connectivity index (χ2v) is 11.8. The molecule has 2 aromatic rings. The third-order valence-corrected chi connectivity index (χ3v) is 8.03. The van der Waals surface area contributed by atoms with Gasteiger partial charge >= 0.3 is 13.0 Å². The van der Waals surface area contributed by atoms with Crippen molar-refractivity contribution in [3.63, 3.8) is 0 Å². The summed E-state index contributed by atoms with van der Waals surface area (Å²) in [4.78, 5) is 12.7. The van der Waals surface area contributed by atoms with E-state index in [0.717, 1.165) is 5.56 Å². The molecule has 0 bridgehead atoms. The molecule has 37 heavy (non-hydrogen) atoms. The van der Waals surface area contributed by atoms with Crippen LogP contribution in [0.4, 0.5) is 4.79 Å². The van der Waals surface area contributed by atoms with Gasteiger partial charge in [0.15, 0.2) is 0 Å². The fourth-order valence-electron chi connectivity index (χ4n) is 4.18. The highest BCUT2D eigenvalue weighted by molar-refractivity contribution is 7.89. The van der Waals surface area contributed by atoms with Gasteiger partial charge in [0.25, 0.3) is 0 Å². The van der Waals surface area contributed by atoms with E-state index >= 15 is 0 Å². The molecule has 1 aliphatic heterocycles. The van der Waals surface area contributed by atoms with Gasteiger partial charge in [-0.2, -0.15) is 4.31 Å². The standard InChI is InChI=1S/C26H37BN2O7S/c1-19(2)16-29(37(33,34)23-11-9-21(10-12-23)27(3)32)17-25(30)24(15-20-7-5-4-6-8-20)28-26(31)36-22-13-14-35-18-22/h4-12,19,22,24-25,30,32H,13-18H2,1-3H3,(H,28,31)/t22-,24-,25+/m0/s1. The fraction of sp³-hybridized carbons (Fsp3) is 0.500. The highest BCUT2D eigenvalue weighted by Gasteiger charge is 2.32. The number of aliphatic hydroxyl groups excluding tert-OH is 1. The second-order valence-electron chi connectivity index (χ2n) is 9.86. The molecule has 202 valence electrons. The van der Waals surface area contributed by atoms with Crippen molar-refractivity contribution < 1.29 is 32.8 Å². The van der Waals surface area contributed by atoms with Crippen molar-refractivity contribution in [3.05, 3.63) is 60.2 Å². The molecule has 0 saturated carbocycles. The number of carbonyl (C=O) groups excluding carboxylic acids is 1. The number of amides is 1. The van der Waals surface area contributed by atoms with Crippen molar-refractivity contribution in [1.29, 1.82) is 0 Å². The molecule has 0 aliphatic carbocycles. The van der Waals surface area contributed by atoms with E-state index in [1.807, 2.05) is 44.2 Å². The zero-order valence-corrected chi connectivity index (χ0v) is 22.4. The van der Waals surface area contributed by atoms with Gasteiger partial charge in [-0.15, -0.1) is 0 Å². The minimum atomic E-state index is -3.96. The van der Waals surface area contributed by atoms with Crippen molar-refractivity contribution in [1.82, 2.24) is 9.62 Å². The number of hydrogen-bond acceptors (Lipinski definition) is 7. The topological polar surface area (TPSA) is 125 Å². The van der Waals surface area contributed by atoms with Crippen molar-refractivity contribution in [2.75, 3.05) is 26.3 Å². The molecule has 1 aliphatic rings. The lowest BCUT2D eigenvalue weighted by Gasteiger charge is -2.30. The lowest BCUT2D eigenvalue weighted by molar-refractivity contribution is 0.0644. The maximum atomic E-state index is 13.5. The molecule has 3 rings (SSSR count). The summed E-state index contributed by atoms with van der Waals surface area (Å²) in [5, 5.41) is 23.8. The Morgan fingerprint density at radius 1 is 1.16 bits per heavy atom. The summed E-state index contributed by atoms with van der Waals surface area (Å²) in [6.45, 7) is 5.49. The Bertz CT molecular complexity index is 1090. The highest BCUT2D eigenvalue weighted by Crippen LogP contribution is 2.19. The number of rotatable bonds is 12. The first-order chi connectivity index (χ1) is 17.6. The van der Waals surface area contributed by atoms with E-state index in [-0.39, 0.29) is 36.4 Å². The van der Waals surface area contributed by atoms with Gasteiger partial charge in [0.1, 0.15) is 6.10 Å². The quantitative estimate of drug-likeness (QED) is 0.355. The summed E-state index contributed by atoms with van der Waals surface area (Å²) in [5.74, 6) is -0.00780. The number of hydrogen-bond donors (Lipinski definition) is 3. The molecule has 3 N–H and O–H groups in total. The first-order valence-electron chi connectivity index (χ1n) is 12.6. The smallest absolute Gasteiger partial charge is 0.407 e. The third-order valence-electron chi connectivity index (χ3n) is 6.19. The minimum Gasteiger partial charge on any atom is -0.447 e. The molecule has 3 atom stereocenters. The molecule has 1 fully saturated rings. The third kappa shape index (κ3) is 8.54. The zero-order valence-electron chi connectivity index (χ0n) is 21.6. The fourth-order valence-corrected chi connectivity index (χ4v) is 5.80. The predicted molar refractivity (Wildman–Crippen MR) is 142 cm³/mol. The molecule has 0 unspecified atom stereocenters. The Morgan fingerprint density at radius 3 is 2.41 bits per heavy atom. The Kier molecular flexibility index (Phi) is 10.5. The number of nitrogens with zero attached hydrogens (tertiary/aromatic N) is 1. The summed E-state index contributed by atoms with van der Waals surface area (Å²) in [6, 6.07) is 14.6. The van der Waals surface area contributed by atoms with E-state index in [2.05, 4.69) is 5.32 Å². The Hall–Kier alpha value is -2.44. The number of ether oxygens (including phenoxy) is 2. The van der Waals surface area contributed by atoms with E-state index in [4.69, 9.17) is 9.47 Å². The molecule has 11 heteroatoms. The van der Waals surface area contributed by atoms with Gasteiger partial charge in [0.05, 0.1) is 30.3 Å². The van der Waals surface area contributed by atoms with Crippen LogP contribution in [0.2, 0.25) is 6.82 Å². The largest absolute Gasteiger partial charge is 0.447 e. The predicted octanol–water partition coefficient (Wildman–Crippen LogP) is 1.64. The van der Waals surface area contributed by atoms with Gasteiger partial charge in [0.2, 0.25) is 10.0 Å². The van der Waals surface area contributed by atoms with E-state index < -0.39 is 35.2 Å². The molecule has 1 saturated heterocycles. The van der Waals surface area contributed by atoms with Crippen molar-refractivity contribution in [2.45, 2.75) is 56.7 Å². The average molecular weight is 532 g/mol. The van der Waals surface area contributed by atoms with Crippen LogP contribution in [0.1, 0.15) is 25.8 Å². The van der Waals surface area contributed by atoms with Crippen LogP contribution in [0.25, 0.3) is 0 Å². The van der Waals surface area contributed by atoms with Gasteiger partial charge < -0.3 is 24.9 Å². The van der Waals surface area contributed by atoms with Crippen LogP contribution in [0.5, 0.6) is 0 Å². The summed E-state index contributed by atoms with van der Waals surface area (Å²) in [5.41, 5.74) is 1.48. The van der Waals surface area contributed by atoms with Gasteiger partial charge in [-0.1, -0.05) is 63.1 Å². The van der Waals surface area contributed by atoms with Crippen LogP contribution in [0, 0.1) is 5.92 Å². The molecule has 1 heterocycles. The van der Waals surface area contributed by atoms with Crippen LogP contribution in [0.3, 0.4) is 0 Å². The number of benzene rings is 2. The van der Waals surface area contributed by atoms with Crippen LogP contribution in [0.15, 0.2) is 59.5 Å². The van der Waals surface area contributed by atoms with Crippen LogP contribution in [-0.4, -0.2) is 80.4 Å². The van der Waals surface area contributed by atoms with Crippen molar-refractivity contribution in [2.24, 2.45) is 5.92 Å². The number of alkyl carbamates (subject to hydrolysis) is 1. The monoisotopic (exact) mass is 532 g/mol. The first kappa shape index (κ1) is 29.1. The maximum absolute atomic E-state index is 13.5. The Balaban J connectivity index is 1.81. The minimum absolute atomic E-state index is 0.00780. The lowest BCUT2D eigenvalue weighted by Crippen LogP contribution is -2.51. The SMILES string of the molecule is CB(O)c1ccc(S(=O)(=O)N(CC(C)C)C[C@@H](O)[C@H](Cc2ccccc2)NC(=O)O[C@H]2CCOC2)cc1. The van der Waals surface area contributed by atoms with Crippen LogP contribution >= 0.6 is 0 Å². The van der Waals surface area contributed by atoms with E-state index in [1.165, 1.54) is 16.4 Å². The summed E-state index contributed by atoms with van der Waals surface area (Å²) >= 11 is 0. The van der Waals surface area contributed by atoms with E-state index in [0.29, 0.717) is 25.1 Å². The van der Waals surface area contributed by atoms with Crippen LogP contribution in [-0.2, 0) is 25.9 Å². The first-order valence-corrected chi connectivity index (χ1v) is 14.0. The molecule has 0 radical (unpaired) electrons. The molecule has 9 nitrogen and oxygen atoms in total. The Labute approximate surface area is 219 Å². The maximum Gasteiger partial charge on any atom is 0.407 e. The molecule has 2 aromatic carbocycles. The number of sulfonamides is 1. The van der Waals surface area contributed by atoms with Crippen molar-refractivity contribution >= 4 is 28.5 Å². The normalized spacial score (nSPS) is 17.5. The number of aliphatic hydroxyl groups is 1. The number of nitrogens with one attached hydrogen (secondary N) is 1. The van der Waals surface area contributed by atoms with Gasteiger partial charge in [0, 0.05) is 19.5 Å². The summed E-state index contributed by atoms with van der Waals surface area (Å²) < 4.78 is 39.0. The lowest BCUT2D eigenvalue weighted by atomic mass is 9.64. The van der Waals surface area contributed by atoms with Gasteiger partial charge in [-0.25, -0.2) is 13.2 Å². The number of carbonyl (C=O) groups is 1. The molecular weight excluding hydrogens is 495 g/mol. The highest BCUT2D eigenvalue weighted by atomic mass is 32.2. The summed E-state index contributed by atoms with van der Waals surface area (Å²) in [6.07, 6.45) is -1.35. The average Bonchev–Trinajstić information content (AvgIpc) is 3.36. The van der Waals surface area contributed by atoms with E-state index in [9.17, 15) is 23.3 Å². The second kappa shape index (κ2) is 13.4. The zero-order chi connectivity index (χ0) is 27.0. The molecule has 0 spiro atoms. The van der Waals surface area contributed by atoms with Gasteiger partial charge in [-0.05, 0) is 35.5 Å². The van der Waals surface area contributed by atoms with Crippen molar-refractivity contribution in [3.8, 4) is 0 Å².